The van der Waals surface area contributed by atoms with E-state index in [4.69, 9.17) is 4.98 Å². The van der Waals surface area contributed by atoms with Crippen molar-refractivity contribution in [1.29, 1.82) is 0 Å². The standard InChI is InChI=1S/C32H36N6O3/c1-21-37-34-20-38(21)27-15-9-22(10-16-27)17-29(39)35-26-18-28(23-7-5-4-6-8-23)30(33-19-26)24-11-13-25(14-12-24)32(2,3)36-31(40)41/h4-8,11-14,18-20,22,27,36H,9-10,15-17H2,1-3H3,(H,35,39)(H,40,41)/t22-,27-. The Morgan fingerprint density at radius 2 is 1.71 bits per heavy atom. The molecule has 0 spiro atoms. The largest absolute Gasteiger partial charge is 0.465 e. The lowest BCUT2D eigenvalue weighted by Crippen LogP contribution is -2.39. The Morgan fingerprint density at radius 1 is 1.00 bits per heavy atom. The zero-order valence-electron chi connectivity index (χ0n) is 23.7. The van der Waals surface area contributed by atoms with Crippen molar-refractivity contribution in [3.05, 3.63) is 84.6 Å². The van der Waals surface area contributed by atoms with Gasteiger partial charge in [-0.05, 0) is 69.6 Å². The fourth-order valence-electron chi connectivity index (χ4n) is 5.75. The summed E-state index contributed by atoms with van der Waals surface area (Å²) < 4.78 is 2.15. The Balaban J connectivity index is 1.30. The zero-order chi connectivity index (χ0) is 29.0. The second-order valence-electron chi connectivity index (χ2n) is 11.3. The fourth-order valence-corrected chi connectivity index (χ4v) is 5.75. The predicted molar refractivity (Wildman–Crippen MR) is 158 cm³/mol. The number of aromatic nitrogens is 4. The van der Waals surface area contributed by atoms with Gasteiger partial charge in [0.15, 0.2) is 0 Å². The third-order valence-corrected chi connectivity index (χ3v) is 7.99. The summed E-state index contributed by atoms with van der Waals surface area (Å²) in [5.74, 6) is 1.29. The van der Waals surface area contributed by atoms with Crippen LogP contribution < -0.4 is 10.6 Å². The van der Waals surface area contributed by atoms with Crippen molar-refractivity contribution in [2.45, 2.75) is 64.5 Å². The molecule has 0 saturated heterocycles. The number of carboxylic acid groups (broad SMARTS) is 1. The van der Waals surface area contributed by atoms with Crippen LogP contribution >= 0.6 is 0 Å². The van der Waals surface area contributed by atoms with Crippen LogP contribution in [0.1, 0.15) is 63.4 Å². The van der Waals surface area contributed by atoms with Crippen LogP contribution in [0.5, 0.6) is 0 Å². The second kappa shape index (κ2) is 11.9. The van der Waals surface area contributed by atoms with Crippen LogP contribution in [0.2, 0.25) is 0 Å². The average molecular weight is 553 g/mol. The van der Waals surface area contributed by atoms with E-state index in [-0.39, 0.29) is 5.91 Å². The number of carbonyl (C=O) groups excluding carboxylic acids is 1. The van der Waals surface area contributed by atoms with Crippen molar-refractivity contribution in [2.24, 2.45) is 5.92 Å². The van der Waals surface area contributed by atoms with Gasteiger partial charge in [0.05, 0.1) is 23.1 Å². The summed E-state index contributed by atoms with van der Waals surface area (Å²) in [5, 5.41) is 22.9. The highest BCUT2D eigenvalue weighted by Gasteiger charge is 2.26. The van der Waals surface area contributed by atoms with Crippen molar-refractivity contribution in [3.63, 3.8) is 0 Å². The number of hydrogen-bond acceptors (Lipinski definition) is 5. The highest BCUT2D eigenvalue weighted by Crippen LogP contribution is 2.36. The lowest BCUT2D eigenvalue weighted by atomic mass is 9.84. The molecule has 0 atom stereocenters. The van der Waals surface area contributed by atoms with Crippen molar-refractivity contribution in [3.8, 4) is 22.4 Å². The van der Waals surface area contributed by atoms with Crippen molar-refractivity contribution >= 4 is 17.7 Å². The number of benzene rings is 2. The molecule has 9 nitrogen and oxygen atoms in total. The molecule has 1 aliphatic carbocycles. The van der Waals surface area contributed by atoms with Gasteiger partial charge in [-0.1, -0.05) is 54.6 Å². The highest BCUT2D eigenvalue weighted by atomic mass is 16.4. The fraction of sp³-hybridized carbons (Fsp3) is 0.344. The van der Waals surface area contributed by atoms with E-state index >= 15 is 0 Å². The Kier molecular flexibility index (Phi) is 8.14. The molecule has 0 bridgehead atoms. The van der Waals surface area contributed by atoms with Crippen molar-refractivity contribution < 1.29 is 14.7 Å². The number of nitrogens with one attached hydrogen (secondary N) is 2. The lowest BCUT2D eigenvalue weighted by Gasteiger charge is -2.29. The zero-order valence-corrected chi connectivity index (χ0v) is 23.7. The van der Waals surface area contributed by atoms with Gasteiger partial charge in [-0.3, -0.25) is 9.78 Å². The van der Waals surface area contributed by atoms with Gasteiger partial charge in [-0.25, -0.2) is 4.79 Å². The molecule has 1 saturated carbocycles. The first kappa shape index (κ1) is 28.0. The molecule has 0 radical (unpaired) electrons. The topological polar surface area (TPSA) is 122 Å². The van der Waals surface area contributed by atoms with Gasteiger partial charge in [0.1, 0.15) is 12.2 Å². The molecule has 212 valence electrons. The summed E-state index contributed by atoms with van der Waals surface area (Å²) >= 11 is 0. The number of carbonyl (C=O) groups is 2. The first-order valence-corrected chi connectivity index (χ1v) is 14.0. The molecule has 2 aromatic heterocycles. The molecular formula is C32H36N6O3. The number of pyridine rings is 1. The van der Waals surface area contributed by atoms with E-state index in [1.807, 2.05) is 81.4 Å². The van der Waals surface area contributed by atoms with Crippen LogP contribution in [0.3, 0.4) is 0 Å². The van der Waals surface area contributed by atoms with Crippen LogP contribution in [0.4, 0.5) is 10.5 Å². The Hall–Kier alpha value is -4.53. The molecule has 41 heavy (non-hydrogen) atoms. The third kappa shape index (κ3) is 6.62. The molecule has 3 N–H and O–H groups in total. The van der Waals surface area contributed by atoms with E-state index in [0.717, 1.165) is 59.5 Å². The molecule has 9 heteroatoms. The SMILES string of the molecule is Cc1nncn1[C@H]1CC[C@H](CC(=O)Nc2cnc(-c3ccc(C(C)(C)NC(=O)O)cc3)c(-c3ccccc3)c2)CC1. The molecule has 4 aromatic rings. The number of nitrogens with zero attached hydrogens (tertiary/aromatic N) is 4. The van der Waals surface area contributed by atoms with E-state index in [1.165, 1.54) is 0 Å². The van der Waals surface area contributed by atoms with Crippen molar-refractivity contribution in [1.82, 2.24) is 25.1 Å². The van der Waals surface area contributed by atoms with Gasteiger partial charge >= 0.3 is 6.09 Å². The first-order chi connectivity index (χ1) is 19.7. The molecule has 5 rings (SSSR count). The molecular weight excluding hydrogens is 516 g/mol. The van der Waals surface area contributed by atoms with E-state index in [0.29, 0.717) is 24.1 Å². The quantitative estimate of drug-likeness (QED) is 0.227. The Labute approximate surface area is 240 Å². The van der Waals surface area contributed by atoms with Crippen LogP contribution in [0, 0.1) is 12.8 Å². The van der Waals surface area contributed by atoms with Crippen LogP contribution in [0.25, 0.3) is 22.4 Å². The van der Waals surface area contributed by atoms with E-state index in [9.17, 15) is 14.7 Å². The Morgan fingerprint density at radius 3 is 2.34 bits per heavy atom. The van der Waals surface area contributed by atoms with Gasteiger partial charge in [0.2, 0.25) is 5.91 Å². The predicted octanol–water partition coefficient (Wildman–Crippen LogP) is 6.58. The minimum atomic E-state index is -1.07. The van der Waals surface area contributed by atoms with Crippen LogP contribution in [-0.2, 0) is 10.3 Å². The summed E-state index contributed by atoms with van der Waals surface area (Å²) in [7, 11) is 0. The maximum Gasteiger partial charge on any atom is 0.405 e. The maximum atomic E-state index is 13.0. The maximum absolute atomic E-state index is 13.0. The first-order valence-electron chi connectivity index (χ1n) is 14.0. The third-order valence-electron chi connectivity index (χ3n) is 7.99. The summed E-state index contributed by atoms with van der Waals surface area (Å²) in [6, 6.07) is 20.1. The van der Waals surface area contributed by atoms with Gasteiger partial charge in [0.25, 0.3) is 0 Å². The number of amides is 2. The summed E-state index contributed by atoms with van der Waals surface area (Å²) in [4.78, 5) is 29.0. The summed E-state index contributed by atoms with van der Waals surface area (Å²) in [6.07, 6.45) is 6.96. The van der Waals surface area contributed by atoms with E-state index in [2.05, 4.69) is 25.4 Å². The number of hydrogen-bond donors (Lipinski definition) is 3. The monoisotopic (exact) mass is 552 g/mol. The van der Waals surface area contributed by atoms with E-state index < -0.39 is 11.6 Å². The van der Waals surface area contributed by atoms with Crippen molar-refractivity contribution in [2.75, 3.05) is 5.32 Å². The minimum Gasteiger partial charge on any atom is -0.465 e. The number of rotatable bonds is 8. The second-order valence-corrected chi connectivity index (χ2v) is 11.3. The molecule has 0 unspecified atom stereocenters. The molecule has 1 fully saturated rings. The molecule has 2 heterocycles. The highest BCUT2D eigenvalue weighted by molar-refractivity contribution is 5.93. The number of anilines is 1. The molecule has 2 aromatic carbocycles. The minimum absolute atomic E-state index is 0.00000422. The number of aryl methyl sites for hydroxylation is 1. The normalized spacial score (nSPS) is 17.1. The van der Waals surface area contributed by atoms with Crippen LogP contribution in [0.15, 0.2) is 73.2 Å². The van der Waals surface area contributed by atoms with Gasteiger partial charge in [0, 0.05) is 23.6 Å². The summed E-state index contributed by atoms with van der Waals surface area (Å²) in [6.45, 7) is 5.63. The van der Waals surface area contributed by atoms with E-state index in [1.54, 1.807) is 12.5 Å². The van der Waals surface area contributed by atoms with Gasteiger partial charge in [-0.15, -0.1) is 10.2 Å². The Bertz CT molecular complexity index is 1510. The average Bonchev–Trinajstić information content (AvgIpc) is 3.39. The van der Waals surface area contributed by atoms with Crippen LogP contribution in [-0.4, -0.2) is 36.9 Å². The molecule has 1 aliphatic rings. The van der Waals surface area contributed by atoms with Gasteiger partial charge < -0.3 is 20.3 Å². The lowest BCUT2D eigenvalue weighted by molar-refractivity contribution is -0.117. The molecule has 2 amide bonds. The van der Waals surface area contributed by atoms with Gasteiger partial charge in [-0.2, -0.15) is 0 Å². The molecule has 0 aliphatic heterocycles. The smallest absolute Gasteiger partial charge is 0.405 e. The summed E-state index contributed by atoms with van der Waals surface area (Å²) in [5.41, 5.74) is 4.36.